The third kappa shape index (κ3) is 2.92. The molecule has 0 unspecified atom stereocenters. The summed E-state index contributed by atoms with van der Waals surface area (Å²) in [6.07, 6.45) is 1.38. The molecule has 136 valence electrons. The van der Waals surface area contributed by atoms with E-state index in [1.165, 1.54) is 0 Å². The lowest BCUT2D eigenvalue weighted by Crippen LogP contribution is -2.35. The number of aryl methyl sites for hydroxylation is 2. The maximum absolute atomic E-state index is 13.1. The Morgan fingerprint density at radius 2 is 1.96 bits per heavy atom. The number of esters is 1. The van der Waals surface area contributed by atoms with E-state index in [4.69, 9.17) is 9.26 Å². The maximum atomic E-state index is 13.1. The Morgan fingerprint density at radius 3 is 2.52 bits per heavy atom. The highest BCUT2D eigenvalue weighted by Gasteiger charge is 2.50. The number of carbonyl (C=O) groups is 2. The fourth-order valence-corrected chi connectivity index (χ4v) is 3.77. The molecule has 0 amide bonds. The molecule has 1 saturated carbocycles. The molecule has 3 atom stereocenters. The maximum Gasteiger partial charge on any atom is 0.316 e. The Morgan fingerprint density at radius 1 is 1.28 bits per heavy atom. The first-order valence-corrected chi connectivity index (χ1v) is 8.75. The van der Waals surface area contributed by atoms with E-state index >= 15 is 0 Å². The quantitative estimate of drug-likeness (QED) is 0.827. The van der Waals surface area contributed by atoms with Gasteiger partial charge in [-0.05, 0) is 47.5 Å². The second-order valence-electron chi connectivity index (χ2n) is 8.07. The minimum atomic E-state index is -0.715. The van der Waals surface area contributed by atoms with Crippen molar-refractivity contribution in [1.82, 2.24) is 5.16 Å². The van der Waals surface area contributed by atoms with Crippen LogP contribution in [0, 0.1) is 31.1 Å². The van der Waals surface area contributed by atoms with Crippen LogP contribution in [0.15, 0.2) is 10.3 Å². The number of ether oxygens (including phenoxy) is 1. The van der Waals surface area contributed by atoms with Crippen molar-refractivity contribution in [2.24, 2.45) is 17.3 Å². The van der Waals surface area contributed by atoms with Crippen LogP contribution >= 0.6 is 0 Å². The van der Waals surface area contributed by atoms with E-state index in [2.05, 4.69) is 5.16 Å². The predicted molar refractivity (Wildman–Crippen MR) is 90.3 cm³/mol. The lowest BCUT2D eigenvalue weighted by Gasteiger charge is -2.30. The zero-order valence-electron chi connectivity index (χ0n) is 15.4. The topological polar surface area (TPSA) is 89.6 Å². The van der Waals surface area contributed by atoms with Crippen LogP contribution in [0.25, 0.3) is 5.57 Å². The van der Waals surface area contributed by atoms with Gasteiger partial charge in [-0.2, -0.15) is 0 Å². The molecule has 25 heavy (non-hydrogen) atoms. The van der Waals surface area contributed by atoms with Crippen molar-refractivity contribution >= 4 is 17.3 Å². The van der Waals surface area contributed by atoms with Gasteiger partial charge >= 0.3 is 5.97 Å². The molecule has 0 aromatic carbocycles. The highest BCUT2D eigenvalue weighted by Crippen LogP contribution is 2.48. The van der Waals surface area contributed by atoms with Gasteiger partial charge in [0.25, 0.3) is 0 Å². The molecule has 6 nitrogen and oxygen atoms in total. The zero-order chi connectivity index (χ0) is 18.5. The van der Waals surface area contributed by atoms with Crippen LogP contribution in [0.2, 0.25) is 0 Å². The molecule has 3 rings (SSSR count). The number of rotatable bonds is 2. The van der Waals surface area contributed by atoms with Crippen LogP contribution in [0.1, 0.15) is 57.1 Å². The lowest BCUT2D eigenvalue weighted by molar-refractivity contribution is -0.150. The van der Waals surface area contributed by atoms with E-state index < -0.39 is 17.4 Å². The third-order valence-electron chi connectivity index (χ3n) is 5.09. The summed E-state index contributed by atoms with van der Waals surface area (Å²) in [7, 11) is 0. The van der Waals surface area contributed by atoms with Crippen molar-refractivity contribution in [2.45, 2.75) is 60.0 Å². The van der Waals surface area contributed by atoms with E-state index in [1.54, 1.807) is 34.6 Å². The number of allylic oxidation sites excluding steroid dienone is 2. The largest absolute Gasteiger partial charge is 0.430 e. The van der Waals surface area contributed by atoms with Crippen molar-refractivity contribution < 1.29 is 24.0 Å². The molecule has 0 saturated heterocycles. The Hall–Kier alpha value is -1.95. The van der Waals surface area contributed by atoms with Crippen LogP contribution < -0.4 is 0 Å². The van der Waals surface area contributed by atoms with Gasteiger partial charge in [-0.15, -0.1) is 0 Å². The second kappa shape index (κ2) is 6.09. The Kier molecular flexibility index (Phi) is 4.35. The summed E-state index contributed by atoms with van der Waals surface area (Å²) in [5.74, 6) is -0.503. The van der Waals surface area contributed by atoms with Gasteiger partial charge in [0, 0.05) is 5.92 Å². The fourth-order valence-electron chi connectivity index (χ4n) is 3.77. The van der Waals surface area contributed by atoms with E-state index in [0.29, 0.717) is 41.2 Å². The molecular formula is C19H25NO5. The summed E-state index contributed by atoms with van der Waals surface area (Å²) in [6.45, 7) is 8.81. The fraction of sp³-hybridized carbons (Fsp3) is 0.632. The number of aromatic nitrogens is 1. The SMILES string of the molecule is Cc1noc(C)c1C1=C(OC(=O)C(C)(C)C)[C@H]2CCC[C@@H](O)[C@H]2C1=O. The van der Waals surface area contributed by atoms with Crippen LogP contribution in [-0.2, 0) is 14.3 Å². The van der Waals surface area contributed by atoms with Crippen molar-refractivity contribution in [3.8, 4) is 0 Å². The molecule has 2 aliphatic rings. The highest BCUT2D eigenvalue weighted by atomic mass is 16.5. The van der Waals surface area contributed by atoms with Gasteiger partial charge in [0.1, 0.15) is 11.5 Å². The molecule has 6 heteroatoms. The standard InChI is InChI=1S/C19H25NO5/c1-9-13(10(2)25-20-9)15-16(22)14-11(7-6-8-12(14)21)17(15)24-18(23)19(3,4)5/h11-12,14,21H,6-8H2,1-5H3/t11-,12+,14-/m0/s1. The Labute approximate surface area is 147 Å². The molecule has 2 aliphatic carbocycles. The van der Waals surface area contributed by atoms with Crippen molar-refractivity contribution in [1.29, 1.82) is 0 Å². The molecule has 0 spiro atoms. The van der Waals surface area contributed by atoms with Gasteiger partial charge in [-0.25, -0.2) is 0 Å². The first-order chi connectivity index (χ1) is 11.6. The number of hydrogen-bond acceptors (Lipinski definition) is 6. The summed E-state index contributed by atoms with van der Waals surface area (Å²) in [5.41, 5.74) is 0.831. The number of aliphatic hydroxyl groups is 1. The monoisotopic (exact) mass is 347 g/mol. The average Bonchev–Trinajstić information content (AvgIpc) is 2.97. The normalized spacial score (nSPS) is 26.8. The predicted octanol–water partition coefficient (Wildman–Crippen LogP) is 2.95. The molecule has 1 N–H and O–H groups in total. The molecule has 1 aromatic heterocycles. The van der Waals surface area contributed by atoms with Gasteiger partial charge in [0.15, 0.2) is 5.78 Å². The highest BCUT2D eigenvalue weighted by molar-refractivity contribution is 6.25. The van der Waals surface area contributed by atoms with Gasteiger partial charge < -0.3 is 14.4 Å². The number of ketones is 1. The van der Waals surface area contributed by atoms with Crippen LogP contribution in [0.4, 0.5) is 0 Å². The summed E-state index contributed by atoms with van der Waals surface area (Å²) in [6, 6.07) is 0. The van der Waals surface area contributed by atoms with Crippen molar-refractivity contribution in [3.05, 3.63) is 22.8 Å². The molecule has 0 bridgehead atoms. The first kappa shape index (κ1) is 17.9. The number of carbonyl (C=O) groups excluding carboxylic acids is 2. The molecule has 1 aromatic rings. The number of Topliss-reactive ketones (excluding diaryl/α,β-unsaturated/α-hetero) is 1. The van der Waals surface area contributed by atoms with Gasteiger partial charge in [-0.1, -0.05) is 11.6 Å². The Balaban J connectivity index is 2.13. The molecule has 0 aliphatic heterocycles. The zero-order valence-corrected chi connectivity index (χ0v) is 15.4. The number of hydrogen-bond donors (Lipinski definition) is 1. The van der Waals surface area contributed by atoms with Crippen molar-refractivity contribution in [3.63, 3.8) is 0 Å². The summed E-state index contributed by atoms with van der Waals surface area (Å²) < 4.78 is 11.0. The summed E-state index contributed by atoms with van der Waals surface area (Å²) in [4.78, 5) is 25.6. The number of nitrogens with zero attached hydrogens (tertiary/aromatic N) is 1. The van der Waals surface area contributed by atoms with Crippen LogP contribution in [0.3, 0.4) is 0 Å². The first-order valence-electron chi connectivity index (χ1n) is 8.75. The molecule has 0 radical (unpaired) electrons. The van der Waals surface area contributed by atoms with Gasteiger partial charge in [0.2, 0.25) is 0 Å². The third-order valence-corrected chi connectivity index (χ3v) is 5.09. The minimum absolute atomic E-state index is 0.177. The Bertz CT molecular complexity index is 733. The van der Waals surface area contributed by atoms with E-state index in [9.17, 15) is 14.7 Å². The van der Waals surface area contributed by atoms with E-state index in [-0.39, 0.29) is 17.7 Å². The second-order valence-corrected chi connectivity index (χ2v) is 8.07. The summed E-state index contributed by atoms with van der Waals surface area (Å²) in [5, 5.41) is 14.3. The van der Waals surface area contributed by atoms with Crippen molar-refractivity contribution in [2.75, 3.05) is 0 Å². The minimum Gasteiger partial charge on any atom is -0.430 e. The average molecular weight is 347 g/mol. The number of fused-ring (bicyclic) bond motifs is 1. The van der Waals surface area contributed by atoms with Crippen LogP contribution in [-0.4, -0.2) is 28.1 Å². The molecule has 1 fully saturated rings. The van der Waals surface area contributed by atoms with E-state index in [0.717, 1.165) is 6.42 Å². The smallest absolute Gasteiger partial charge is 0.316 e. The van der Waals surface area contributed by atoms with Crippen LogP contribution in [0.5, 0.6) is 0 Å². The lowest BCUT2D eigenvalue weighted by atomic mass is 9.78. The molecular weight excluding hydrogens is 322 g/mol. The number of aliphatic hydroxyl groups excluding tert-OH is 1. The van der Waals surface area contributed by atoms with Gasteiger partial charge in [0.05, 0.1) is 34.3 Å². The molecule has 1 heterocycles. The van der Waals surface area contributed by atoms with Gasteiger partial charge in [-0.3, -0.25) is 9.59 Å². The summed E-state index contributed by atoms with van der Waals surface area (Å²) >= 11 is 0. The van der Waals surface area contributed by atoms with E-state index in [1.807, 2.05) is 0 Å².